The fraction of sp³-hybridized carbons (Fsp3) is 0.375. The van der Waals surface area contributed by atoms with Gasteiger partial charge in [-0.2, -0.15) is 0 Å². The molecule has 1 heterocycles. The predicted molar refractivity (Wildman–Crippen MR) is 132 cm³/mol. The lowest BCUT2D eigenvalue weighted by Crippen LogP contribution is -2.41. The number of halogens is 2. The van der Waals surface area contributed by atoms with E-state index in [1.165, 1.54) is 0 Å². The van der Waals surface area contributed by atoms with Crippen molar-refractivity contribution in [3.63, 3.8) is 0 Å². The van der Waals surface area contributed by atoms with E-state index in [-0.39, 0.29) is 17.6 Å². The Hall–Kier alpha value is -2.57. The van der Waals surface area contributed by atoms with Gasteiger partial charge in [0.2, 0.25) is 0 Å². The second kappa shape index (κ2) is 10.8. The van der Waals surface area contributed by atoms with Gasteiger partial charge in [-0.3, -0.25) is 9.36 Å². The third-order valence-corrected chi connectivity index (χ3v) is 6.29. The van der Waals surface area contributed by atoms with Crippen molar-refractivity contribution in [2.75, 3.05) is 11.9 Å². The molecule has 0 saturated heterocycles. The van der Waals surface area contributed by atoms with Crippen LogP contribution in [0.3, 0.4) is 0 Å². The number of anilines is 1. The minimum absolute atomic E-state index is 0.0970. The highest BCUT2D eigenvalue weighted by molar-refractivity contribution is 6.43. The van der Waals surface area contributed by atoms with E-state index in [2.05, 4.69) is 12.2 Å². The van der Waals surface area contributed by atoms with Crippen LogP contribution in [0, 0.1) is 0 Å². The standard InChI is InChI=1S/C24H28Cl2N4O2/c1-4-7-15-30(24(32)28-19-14-10-12-17(25)21(19)26)20(5-2)22-27-18-13-9-8-11-16(18)23(31)29(22)6-3/h8-14,20H,4-7,15H2,1-3H3,(H,28,32). The minimum atomic E-state index is -0.378. The smallest absolute Gasteiger partial charge is 0.314 e. The maximum Gasteiger partial charge on any atom is 0.322 e. The van der Waals surface area contributed by atoms with Gasteiger partial charge in [0.25, 0.3) is 5.56 Å². The number of amides is 2. The average molecular weight is 475 g/mol. The predicted octanol–water partition coefficient (Wildman–Crippen LogP) is 6.51. The summed E-state index contributed by atoms with van der Waals surface area (Å²) < 4.78 is 1.66. The maximum atomic E-state index is 13.4. The third-order valence-electron chi connectivity index (χ3n) is 5.47. The van der Waals surface area contributed by atoms with Gasteiger partial charge < -0.3 is 10.2 Å². The van der Waals surface area contributed by atoms with Crippen LogP contribution in [-0.4, -0.2) is 27.0 Å². The molecule has 8 heteroatoms. The van der Waals surface area contributed by atoms with Crippen LogP contribution in [0.1, 0.15) is 51.9 Å². The number of nitrogens with zero attached hydrogens (tertiary/aromatic N) is 3. The first kappa shape index (κ1) is 24.1. The summed E-state index contributed by atoms with van der Waals surface area (Å²) in [4.78, 5) is 33.1. The van der Waals surface area contributed by atoms with E-state index in [4.69, 9.17) is 28.2 Å². The first-order chi connectivity index (χ1) is 15.4. The molecule has 170 valence electrons. The number of nitrogens with one attached hydrogen (secondary N) is 1. The van der Waals surface area contributed by atoms with E-state index >= 15 is 0 Å². The molecule has 0 bridgehead atoms. The molecule has 0 spiro atoms. The number of urea groups is 1. The molecule has 2 aromatic carbocycles. The summed E-state index contributed by atoms with van der Waals surface area (Å²) in [5.74, 6) is 0.585. The number of carbonyl (C=O) groups is 1. The van der Waals surface area contributed by atoms with Gasteiger partial charge in [0.15, 0.2) is 0 Å². The fourth-order valence-electron chi connectivity index (χ4n) is 3.80. The molecule has 0 radical (unpaired) electrons. The molecule has 2 amide bonds. The largest absolute Gasteiger partial charge is 0.322 e. The van der Waals surface area contributed by atoms with Crippen molar-refractivity contribution in [2.45, 2.75) is 52.6 Å². The van der Waals surface area contributed by atoms with Crippen LogP contribution in [0.4, 0.5) is 10.5 Å². The molecule has 0 aliphatic heterocycles. The Kier molecular flexibility index (Phi) is 8.15. The summed E-state index contributed by atoms with van der Waals surface area (Å²) in [7, 11) is 0. The highest BCUT2D eigenvalue weighted by Gasteiger charge is 2.28. The Balaban J connectivity index is 2.06. The fourth-order valence-corrected chi connectivity index (χ4v) is 4.15. The topological polar surface area (TPSA) is 67.2 Å². The monoisotopic (exact) mass is 474 g/mol. The average Bonchev–Trinajstić information content (AvgIpc) is 2.79. The zero-order chi connectivity index (χ0) is 23.3. The van der Waals surface area contributed by atoms with Crippen molar-refractivity contribution >= 4 is 45.8 Å². The summed E-state index contributed by atoms with van der Waals surface area (Å²) in [5.41, 5.74) is 0.976. The molecule has 3 rings (SSSR count). The van der Waals surface area contributed by atoms with E-state index in [1.54, 1.807) is 33.7 Å². The molecule has 1 atom stereocenters. The van der Waals surface area contributed by atoms with E-state index in [0.717, 1.165) is 12.8 Å². The highest BCUT2D eigenvalue weighted by Crippen LogP contribution is 2.31. The van der Waals surface area contributed by atoms with Crippen LogP contribution < -0.4 is 10.9 Å². The first-order valence-electron chi connectivity index (χ1n) is 10.9. The summed E-state index contributed by atoms with van der Waals surface area (Å²) in [6.07, 6.45) is 2.34. The third kappa shape index (κ3) is 4.92. The second-order valence-corrected chi connectivity index (χ2v) is 8.32. The van der Waals surface area contributed by atoms with Crippen LogP contribution in [0.15, 0.2) is 47.3 Å². The summed E-state index contributed by atoms with van der Waals surface area (Å²) >= 11 is 12.4. The van der Waals surface area contributed by atoms with Gasteiger partial charge in [-0.05, 0) is 44.0 Å². The van der Waals surface area contributed by atoms with E-state index in [0.29, 0.717) is 52.0 Å². The van der Waals surface area contributed by atoms with Crippen LogP contribution in [-0.2, 0) is 6.54 Å². The van der Waals surface area contributed by atoms with Gasteiger partial charge in [-0.15, -0.1) is 0 Å². The van der Waals surface area contributed by atoms with Gasteiger partial charge in [-0.25, -0.2) is 9.78 Å². The normalized spacial score (nSPS) is 12.0. The number of aromatic nitrogens is 2. The summed E-state index contributed by atoms with van der Waals surface area (Å²) in [6.45, 7) is 6.96. The number of benzene rings is 2. The zero-order valence-electron chi connectivity index (χ0n) is 18.6. The molecule has 0 fully saturated rings. The Morgan fingerprint density at radius 3 is 2.56 bits per heavy atom. The van der Waals surface area contributed by atoms with Crippen molar-refractivity contribution in [3.8, 4) is 0 Å². The van der Waals surface area contributed by atoms with Crippen LogP contribution >= 0.6 is 23.2 Å². The SMILES string of the molecule is CCCCN(C(=O)Nc1cccc(Cl)c1Cl)C(CC)c1nc2ccccc2c(=O)n1CC. The minimum Gasteiger partial charge on any atom is -0.314 e. The zero-order valence-corrected chi connectivity index (χ0v) is 20.1. The lowest BCUT2D eigenvalue weighted by Gasteiger charge is -2.32. The molecule has 3 aromatic rings. The van der Waals surface area contributed by atoms with Crippen LogP contribution in [0.2, 0.25) is 10.0 Å². The molecule has 0 saturated carbocycles. The van der Waals surface area contributed by atoms with Crippen molar-refractivity contribution in [3.05, 3.63) is 68.7 Å². The number of hydrogen-bond donors (Lipinski definition) is 1. The molecule has 0 aliphatic carbocycles. The number of hydrogen-bond acceptors (Lipinski definition) is 3. The lowest BCUT2D eigenvalue weighted by atomic mass is 10.1. The van der Waals surface area contributed by atoms with Crippen molar-refractivity contribution < 1.29 is 4.79 Å². The van der Waals surface area contributed by atoms with Gasteiger partial charge in [0.05, 0.1) is 32.7 Å². The van der Waals surface area contributed by atoms with Gasteiger partial charge >= 0.3 is 6.03 Å². The molecule has 0 aliphatic rings. The Bertz CT molecular complexity index is 1160. The molecular formula is C24H28Cl2N4O2. The lowest BCUT2D eigenvalue weighted by molar-refractivity contribution is 0.178. The molecule has 1 aromatic heterocycles. The number of para-hydroxylation sites is 1. The molecule has 32 heavy (non-hydrogen) atoms. The molecule has 1 unspecified atom stereocenters. The maximum absolute atomic E-state index is 13.4. The number of rotatable bonds is 8. The molecular weight excluding hydrogens is 447 g/mol. The number of fused-ring (bicyclic) bond motifs is 1. The van der Waals surface area contributed by atoms with Gasteiger partial charge in [-0.1, -0.05) is 61.7 Å². The Morgan fingerprint density at radius 1 is 1.12 bits per heavy atom. The number of carbonyl (C=O) groups excluding carboxylic acids is 1. The van der Waals surface area contributed by atoms with Crippen molar-refractivity contribution in [1.82, 2.24) is 14.5 Å². The molecule has 1 N–H and O–H groups in total. The van der Waals surface area contributed by atoms with Crippen LogP contribution in [0.5, 0.6) is 0 Å². The van der Waals surface area contributed by atoms with Crippen molar-refractivity contribution in [1.29, 1.82) is 0 Å². The van der Waals surface area contributed by atoms with Crippen LogP contribution in [0.25, 0.3) is 10.9 Å². The Labute approximate surface area is 198 Å². The van der Waals surface area contributed by atoms with Gasteiger partial charge in [0.1, 0.15) is 5.82 Å². The Morgan fingerprint density at radius 2 is 1.88 bits per heavy atom. The van der Waals surface area contributed by atoms with Crippen molar-refractivity contribution in [2.24, 2.45) is 0 Å². The number of unbranched alkanes of at least 4 members (excludes halogenated alkanes) is 1. The van der Waals surface area contributed by atoms with E-state index in [1.807, 2.05) is 32.0 Å². The highest BCUT2D eigenvalue weighted by atomic mass is 35.5. The van der Waals surface area contributed by atoms with E-state index < -0.39 is 0 Å². The molecule has 6 nitrogen and oxygen atoms in total. The quantitative estimate of drug-likeness (QED) is 0.404. The van der Waals surface area contributed by atoms with E-state index in [9.17, 15) is 9.59 Å². The first-order valence-corrected chi connectivity index (χ1v) is 11.7. The van der Waals surface area contributed by atoms with Gasteiger partial charge in [0, 0.05) is 13.1 Å². The summed E-state index contributed by atoms with van der Waals surface area (Å²) in [5, 5.41) is 4.12. The second-order valence-electron chi connectivity index (χ2n) is 7.54. The summed E-state index contributed by atoms with van der Waals surface area (Å²) in [6, 6.07) is 11.7.